The van der Waals surface area contributed by atoms with E-state index in [-0.39, 0.29) is 25.8 Å². The number of quaternary nitrogens is 1. The predicted octanol–water partition coefficient (Wildman–Crippen LogP) is 14.5. The van der Waals surface area contributed by atoms with Crippen molar-refractivity contribution in [3.8, 4) is 0 Å². The minimum Gasteiger partial charge on any atom is -0.457 e. The average molecular weight is 851 g/mol. The van der Waals surface area contributed by atoms with Gasteiger partial charge in [0.05, 0.1) is 34.4 Å². The van der Waals surface area contributed by atoms with E-state index in [0.717, 1.165) is 77.0 Å². The molecule has 0 fully saturated rings. The van der Waals surface area contributed by atoms with Crippen molar-refractivity contribution in [1.82, 2.24) is 0 Å². The molecule has 0 saturated heterocycles. The van der Waals surface area contributed by atoms with Crippen molar-refractivity contribution in [2.24, 2.45) is 0 Å². The van der Waals surface area contributed by atoms with Gasteiger partial charge >= 0.3 is 13.8 Å². The highest BCUT2D eigenvalue weighted by atomic mass is 31.2. The van der Waals surface area contributed by atoms with E-state index in [0.29, 0.717) is 24.1 Å². The fourth-order valence-corrected chi connectivity index (χ4v) is 7.04. The molecule has 9 heteroatoms. The molecule has 0 aromatic carbocycles. The number of carbonyl (C=O) groups is 1. The Morgan fingerprint density at radius 3 is 1.46 bits per heavy atom. The maximum absolute atomic E-state index is 12.7. The summed E-state index contributed by atoms with van der Waals surface area (Å²) in [5.74, 6) is -0.332. The molecule has 344 valence electrons. The lowest BCUT2D eigenvalue weighted by Gasteiger charge is -2.24. The number of phosphoric ester groups is 1. The van der Waals surface area contributed by atoms with Crippen LogP contribution < -0.4 is 0 Å². The molecule has 0 saturated carbocycles. The lowest BCUT2D eigenvalue weighted by molar-refractivity contribution is -0.870. The highest BCUT2D eigenvalue weighted by Gasteiger charge is 2.26. The quantitative estimate of drug-likeness (QED) is 0.0215. The Balaban J connectivity index is 4.15. The molecule has 0 spiro atoms. The molecule has 0 bridgehead atoms. The number of ether oxygens (including phenoxy) is 2. The van der Waals surface area contributed by atoms with Crippen LogP contribution in [0.2, 0.25) is 0 Å². The van der Waals surface area contributed by atoms with Crippen LogP contribution in [0.1, 0.15) is 194 Å². The molecular formula is C50H93NO7P+. The van der Waals surface area contributed by atoms with Gasteiger partial charge in [-0.15, -0.1) is 0 Å². The summed E-state index contributed by atoms with van der Waals surface area (Å²) < 4.78 is 35.0. The molecule has 0 radical (unpaired) electrons. The van der Waals surface area contributed by atoms with Crippen LogP contribution in [0, 0.1) is 0 Å². The fraction of sp³-hybridized carbons (Fsp3) is 0.780. The van der Waals surface area contributed by atoms with Gasteiger partial charge in [-0.05, 0) is 77.0 Å². The van der Waals surface area contributed by atoms with E-state index < -0.39 is 13.9 Å². The maximum Gasteiger partial charge on any atom is 0.472 e. The lowest BCUT2D eigenvalue weighted by Crippen LogP contribution is -2.37. The summed E-state index contributed by atoms with van der Waals surface area (Å²) >= 11 is 0. The monoisotopic (exact) mass is 851 g/mol. The second-order valence-corrected chi connectivity index (χ2v) is 18.6. The summed E-state index contributed by atoms with van der Waals surface area (Å²) in [5.41, 5.74) is 0. The first-order valence-electron chi connectivity index (χ1n) is 24.0. The Hall–Kier alpha value is -1.80. The molecule has 0 aliphatic rings. The number of unbranched alkanes of at least 4 members (excludes halogenated alkanes) is 20. The van der Waals surface area contributed by atoms with Crippen molar-refractivity contribution in [2.75, 3.05) is 54.1 Å². The van der Waals surface area contributed by atoms with Crippen LogP contribution in [0.15, 0.2) is 60.8 Å². The number of allylic oxidation sites excluding steroid dienone is 10. The molecule has 2 atom stereocenters. The van der Waals surface area contributed by atoms with Crippen LogP contribution in [-0.2, 0) is 27.9 Å². The SMILES string of the molecule is CCC/C=C\C/C=C\CCCCCCCC(=O)OC(COCCCCCCCCCCC/C=C\C/C=C\C/C=C\CCCCCCC)COP(=O)(O)OCC[N+](C)(C)C. The van der Waals surface area contributed by atoms with E-state index in [2.05, 4.69) is 74.6 Å². The topological polar surface area (TPSA) is 91.3 Å². The Morgan fingerprint density at radius 2 is 0.966 bits per heavy atom. The molecular weight excluding hydrogens is 758 g/mol. The molecule has 1 N–H and O–H groups in total. The maximum atomic E-state index is 12.7. The molecule has 0 heterocycles. The Kier molecular flexibility index (Phi) is 41.6. The Bertz CT molecular complexity index is 1130. The van der Waals surface area contributed by atoms with Crippen LogP contribution in [0.25, 0.3) is 0 Å². The number of nitrogens with zero attached hydrogens (tertiary/aromatic N) is 1. The summed E-state index contributed by atoms with van der Waals surface area (Å²) in [6, 6.07) is 0. The van der Waals surface area contributed by atoms with Crippen LogP contribution >= 0.6 is 7.82 Å². The van der Waals surface area contributed by atoms with Crippen molar-refractivity contribution in [2.45, 2.75) is 200 Å². The lowest BCUT2D eigenvalue weighted by atomic mass is 10.1. The molecule has 59 heavy (non-hydrogen) atoms. The van der Waals surface area contributed by atoms with E-state index in [1.165, 1.54) is 96.3 Å². The van der Waals surface area contributed by atoms with E-state index in [4.69, 9.17) is 18.5 Å². The Morgan fingerprint density at radius 1 is 0.525 bits per heavy atom. The third-order valence-corrected chi connectivity index (χ3v) is 11.0. The van der Waals surface area contributed by atoms with Gasteiger partial charge in [0.25, 0.3) is 0 Å². The van der Waals surface area contributed by atoms with E-state index in [1.807, 2.05) is 21.1 Å². The van der Waals surface area contributed by atoms with Gasteiger partial charge in [-0.1, -0.05) is 171 Å². The summed E-state index contributed by atoms with van der Waals surface area (Å²) in [5, 5.41) is 0. The summed E-state index contributed by atoms with van der Waals surface area (Å²) in [6.45, 7) is 5.51. The molecule has 2 unspecified atom stereocenters. The van der Waals surface area contributed by atoms with Gasteiger partial charge in [-0.25, -0.2) is 4.57 Å². The highest BCUT2D eigenvalue weighted by Crippen LogP contribution is 2.43. The molecule has 0 amide bonds. The normalized spacial score (nSPS) is 14.2. The second kappa shape index (κ2) is 42.9. The van der Waals surface area contributed by atoms with Crippen LogP contribution in [0.3, 0.4) is 0 Å². The van der Waals surface area contributed by atoms with Gasteiger partial charge in [0, 0.05) is 13.0 Å². The number of esters is 1. The molecule has 0 aromatic heterocycles. The van der Waals surface area contributed by atoms with Gasteiger partial charge in [-0.3, -0.25) is 13.8 Å². The number of hydrogen-bond acceptors (Lipinski definition) is 6. The van der Waals surface area contributed by atoms with Gasteiger partial charge in [0.2, 0.25) is 0 Å². The largest absolute Gasteiger partial charge is 0.472 e. The van der Waals surface area contributed by atoms with E-state index in [9.17, 15) is 14.3 Å². The second-order valence-electron chi connectivity index (χ2n) is 17.1. The molecule has 0 aliphatic heterocycles. The summed E-state index contributed by atoms with van der Waals surface area (Å²) in [4.78, 5) is 22.9. The molecule has 0 rings (SSSR count). The highest BCUT2D eigenvalue weighted by molar-refractivity contribution is 7.47. The molecule has 0 aromatic rings. The van der Waals surface area contributed by atoms with Crippen LogP contribution in [0.5, 0.6) is 0 Å². The summed E-state index contributed by atoms with van der Waals surface area (Å²) in [7, 11) is 1.65. The number of carbonyl (C=O) groups excluding carboxylic acids is 1. The number of rotatable bonds is 44. The van der Waals surface area contributed by atoms with Gasteiger partial charge in [0.1, 0.15) is 19.3 Å². The number of hydrogen-bond donors (Lipinski definition) is 1. The minimum atomic E-state index is -4.28. The van der Waals surface area contributed by atoms with E-state index in [1.54, 1.807) is 0 Å². The molecule has 0 aliphatic carbocycles. The van der Waals surface area contributed by atoms with Crippen molar-refractivity contribution in [1.29, 1.82) is 0 Å². The number of phosphoric acid groups is 1. The van der Waals surface area contributed by atoms with E-state index >= 15 is 0 Å². The van der Waals surface area contributed by atoms with Gasteiger partial charge in [-0.2, -0.15) is 0 Å². The van der Waals surface area contributed by atoms with Crippen molar-refractivity contribution in [3.05, 3.63) is 60.8 Å². The third kappa shape index (κ3) is 47.1. The van der Waals surface area contributed by atoms with Gasteiger partial charge in [0.15, 0.2) is 0 Å². The predicted molar refractivity (Wildman–Crippen MR) is 252 cm³/mol. The first-order valence-corrected chi connectivity index (χ1v) is 25.5. The fourth-order valence-electron chi connectivity index (χ4n) is 6.30. The molecule has 8 nitrogen and oxygen atoms in total. The standard InChI is InChI=1S/C50H92NO7P/c1-6-8-10-12-14-16-18-20-21-22-23-24-25-26-27-28-29-30-32-34-36-38-40-42-45-55-47-49(48-57-59(53,54)56-46-44-51(3,4)5)58-50(52)43-41-39-37-35-33-31-19-17-15-13-11-9-7-2/h11,13,17-20,22-23,25-26,49H,6-10,12,14-16,21,24,27-48H2,1-5H3/p+1/b13-11-,19-17-,20-18-,23-22-,26-25-. The third-order valence-electron chi connectivity index (χ3n) is 10.0. The zero-order valence-electron chi connectivity index (χ0n) is 39.0. The zero-order chi connectivity index (χ0) is 43.4. The van der Waals surface area contributed by atoms with Gasteiger partial charge < -0.3 is 18.9 Å². The van der Waals surface area contributed by atoms with Crippen molar-refractivity contribution >= 4 is 13.8 Å². The smallest absolute Gasteiger partial charge is 0.457 e. The first-order chi connectivity index (χ1) is 28.6. The van der Waals surface area contributed by atoms with Crippen molar-refractivity contribution < 1.29 is 37.3 Å². The van der Waals surface area contributed by atoms with Crippen LogP contribution in [0.4, 0.5) is 0 Å². The number of likely N-dealkylation sites (N-methyl/N-ethyl adjacent to an activating group) is 1. The Labute approximate surface area is 364 Å². The van der Waals surface area contributed by atoms with Crippen LogP contribution in [-0.4, -0.2) is 75.6 Å². The first kappa shape index (κ1) is 57.2. The van der Waals surface area contributed by atoms with Crippen molar-refractivity contribution in [3.63, 3.8) is 0 Å². The summed E-state index contributed by atoms with van der Waals surface area (Å²) in [6.07, 6.45) is 54.1. The average Bonchev–Trinajstić information content (AvgIpc) is 3.19. The zero-order valence-corrected chi connectivity index (χ0v) is 39.9. The minimum absolute atomic E-state index is 0.0821.